The van der Waals surface area contributed by atoms with Crippen LogP contribution in [0.4, 0.5) is 0 Å². The van der Waals surface area contributed by atoms with Crippen molar-refractivity contribution in [3.8, 4) is 10.9 Å². The van der Waals surface area contributed by atoms with Crippen LogP contribution < -0.4 is 10.1 Å². The fraction of sp³-hybridized carbons (Fsp3) is 0.348. The number of ether oxygens (including phenoxy) is 1. The van der Waals surface area contributed by atoms with Crippen molar-refractivity contribution in [1.82, 2.24) is 20.2 Å². The molecule has 4 heterocycles. The normalized spacial score (nSPS) is 15.5. The number of aromatic nitrogens is 2. The highest BCUT2D eigenvalue weighted by molar-refractivity contribution is 7.20. The third-order valence-corrected chi connectivity index (χ3v) is 6.75. The van der Waals surface area contributed by atoms with E-state index in [9.17, 15) is 4.79 Å². The van der Waals surface area contributed by atoms with E-state index in [0.29, 0.717) is 16.6 Å². The molecule has 0 spiro atoms. The molecule has 0 bridgehead atoms. The van der Waals surface area contributed by atoms with Crippen LogP contribution in [0.3, 0.4) is 0 Å². The molecule has 1 N–H and O–H groups in total. The number of nitrogens with one attached hydrogen (secondary N) is 1. The van der Waals surface area contributed by atoms with Gasteiger partial charge in [0.1, 0.15) is 11.3 Å². The molecule has 1 aliphatic rings. The van der Waals surface area contributed by atoms with Crippen LogP contribution in [0.2, 0.25) is 0 Å². The molecule has 31 heavy (non-hydrogen) atoms. The molecule has 7 nitrogen and oxygen atoms in total. The molecule has 1 aromatic carbocycles. The Labute approximate surface area is 184 Å². The molecule has 1 saturated heterocycles. The number of piperidine rings is 1. The number of likely N-dealkylation sites (tertiary alicyclic amines) is 1. The predicted octanol–water partition coefficient (Wildman–Crippen LogP) is 4.64. The first-order valence-corrected chi connectivity index (χ1v) is 11.3. The molecule has 1 fully saturated rings. The average molecular weight is 437 g/mol. The summed E-state index contributed by atoms with van der Waals surface area (Å²) in [6, 6.07) is 8.18. The molecular formula is C23H24N4O3S. The molecule has 3 aromatic heterocycles. The quantitative estimate of drug-likeness (QED) is 0.491. The van der Waals surface area contributed by atoms with Crippen molar-refractivity contribution in [2.45, 2.75) is 39.3 Å². The van der Waals surface area contributed by atoms with Crippen molar-refractivity contribution in [3.63, 3.8) is 0 Å². The lowest BCUT2D eigenvalue weighted by Crippen LogP contribution is -2.43. The molecule has 1 amide bonds. The van der Waals surface area contributed by atoms with Crippen LogP contribution in [-0.4, -0.2) is 39.9 Å². The van der Waals surface area contributed by atoms with Gasteiger partial charge in [0.15, 0.2) is 5.65 Å². The average Bonchev–Trinajstić information content (AvgIpc) is 3.33. The molecule has 5 rings (SSSR count). The van der Waals surface area contributed by atoms with Gasteiger partial charge in [-0.15, -0.1) is 0 Å². The number of hydrogen-bond donors (Lipinski definition) is 1. The first-order chi connectivity index (χ1) is 15.0. The van der Waals surface area contributed by atoms with Crippen LogP contribution in [0, 0.1) is 6.92 Å². The van der Waals surface area contributed by atoms with E-state index >= 15 is 0 Å². The minimum Gasteiger partial charge on any atom is -0.464 e. The van der Waals surface area contributed by atoms with Crippen LogP contribution in [0.25, 0.3) is 21.3 Å². The van der Waals surface area contributed by atoms with Crippen molar-refractivity contribution in [3.05, 3.63) is 47.9 Å². The highest BCUT2D eigenvalue weighted by Gasteiger charge is 2.21. The zero-order chi connectivity index (χ0) is 21.4. The van der Waals surface area contributed by atoms with E-state index in [1.165, 1.54) is 16.9 Å². The number of carbonyl (C=O) groups excluding carboxylic acids is 1. The predicted molar refractivity (Wildman–Crippen MR) is 121 cm³/mol. The van der Waals surface area contributed by atoms with Crippen LogP contribution in [0.15, 0.2) is 41.1 Å². The standard InChI is InChI=1S/C23H24N4O3S/c1-14-5-8-24-22-21(14)31-23(26-22)30-18-3-4-19-16(13-29-20(19)11-18)12-27-9-6-17(7-10-27)25-15(2)28/h3-5,8,11,13,17H,6-7,9-10,12H2,1-2H3,(H,25,28). The molecule has 0 saturated carbocycles. The number of nitrogens with zero attached hydrogens (tertiary/aromatic N) is 3. The summed E-state index contributed by atoms with van der Waals surface area (Å²) in [7, 11) is 0. The monoisotopic (exact) mass is 436 g/mol. The van der Waals surface area contributed by atoms with Gasteiger partial charge in [0, 0.05) is 55.8 Å². The van der Waals surface area contributed by atoms with Crippen molar-refractivity contribution >= 4 is 38.6 Å². The summed E-state index contributed by atoms with van der Waals surface area (Å²) < 4.78 is 12.9. The molecule has 1 aliphatic heterocycles. The number of amides is 1. The molecule has 0 unspecified atom stereocenters. The summed E-state index contributed by atoms with van der Waals surface area (Å²) in [5.74, 6) is 0.746. The Kier molecular flexibility index (Phi) is 5.33. The van der Waals surface area contributed by atoms with Gasteiger partial charge >= 0.3 is 0 Å². The van der Waals surface area contributed by atoms with Gasteiger partial charge in [-0.3, -0.25) is 9.69 Å². The van der Waals surface area contributed by atoms with E-state index in [-0.39, 0.29) is 11.9 Å². The molecule has 8 heteroatoms. The maximum absolute atomic E-state index is 11.2. The van der Waals surface area contributed by atoms with Gasteiger partial charge in [0.25, 0.3) is 5.19 Å². The van der Waals surface area contributed by atoms with Crippen molar-refractivity contribution in [1.29, 1.82) is 0 Å². The molecule has 0 aliphatic carbocycles. The summed E-state index contributed by atoms with van der Waals surface area (Å²) in [5.41, 5.74) is 3.82. The Hall–Kier alpha value is -2.97. The maximum atomic E-state index is 11.2. The zero-order valence-corrected chi connectivity index (χ0v) is 18.4. The number of thiazole rings is 1. The van der Waals surface area contributed by atoms with Crippen molar-refractivity contribution < 1.29 is 13.9 Å². The lowest BCUT2D eigenvalue weighted by Gasteiger charge is -2.31. The second kappa shape index (κ2) is 8.28. The third-order valence-electron chi connectivity index (χ3n) is 5.69. The first kappa shape index (κ1) is 20.0. The fourth-order valence-electron chi connectivity index (χ4n) is 4.09. The smallest absolute Gasteiger partial charge is 0.281 e. The van der Waals surface area contributed by atoms with Crippen LogP contribution in [-0.2, 0) is 11.3 Å². The lowest BCUT2D eigenvalue weighted by atomic mass is 10.0. The first-order valence-electron chi connectivity index (χ1n) is 10.4. The number of aryl methyl sites for hydroxylation is 1. The number of fused-ring (bicyclic) bond motifs is 2. The number of furan rings is 1. The molecule has 0 atom stereocenters. The number of benzene rings is 1. The van der Waals surface area contributed by atoms with E-state index in [0.717, 1.165) is 53.7 Å². The second-order valence-corrected chi connectivity index (χ2v) is 8.99. The summed E-state index contributed by atoms with van der Waals surface area (Å²) in [4.78, 5) is 22.4. The van der Waals surface area contributed by atoms with Crippen LogP contribution in [0.1, 0.15) is 30.9 Å². The van der Waals surface area contributed by atoms with Gasteiger partial charge < -0.3 is 14.5 Å². The van der Waals surface area contributed by atoms with E-state index in [1.54, 1.807) is 13.1 Å². The molecular weight excluding hydrogens is 412 g/mol. The molecule has 160 valence electrons. The summed E-state index contributed by atoms with van der Waals surface area (Å²) in [6.45, 7) is 6.39. The third kappa shape index (κ3) is 4.26. The zero-order valence-electron chi connectivity index (χ0n) is 17.6. The van der Waals surface area contributed by atoms with Gasteiger partial charge in [-0.25, -0.2) is 4.98 Å². The summed E-state index contributed by atoms with van der Waals surface area (Å²) in [6.07, 6.45) is 5.55. The maximum Gasteiger partial charge on any atom is 0.281 e. The fourth-order valence-corrected chi connectivity index (χ4v) is 4.95. The number of pyridine rings is 1. The Morgan fingerprint density at radius 2 is 2.16 bits per heavy atom. The summed E-state index contributed by atoms with van der Waals surface area (Å²) in [5, 5.41) is 4.69. The van der Waals surface area contributed by atoms with E-state index in [4.69, 9.17) is 9.15 Å². The summed E-state index contributed by atoms with van der Waals surface area (Å²) >= 11 is 1.50. The Morgan fingerprint density at radius 1 is 1.32 bits per heavy atom. The Morgan fingerprint density at radius 3 is 2.94 bits per heavy atom. The topological polar surface area (TPSA) is 80.5 Å². The van der Waals surface area contributed by atoms with E-state index in [1.807, 2.05) is 37.5 Å². The molecule has 4 aromatic rings. The highest BCUT2D eigenvalue weighted by Crippen LogP contribution is 2.34. The minimum absolute atomic E-state index is 0.0505. The number of carbonyl (C=O) groups is 1. The van der Waals surface area contributed by atoms with Crippen molar-refractivity contribution in [2.24, 2.45) is 0 Å². The number of hydrogen-bond acceptors (Lipinski definition) is 7. The van der Waals surface area contributed by atoms with Crippen molar-refractivity contribution in [2.75, 3.05) is 13.1 Å². The van der Waals surface area contributed by atoms with Gasteiger partial charge in [-0.1, -0.05) is 11.3 Å². The van der Waals surface area contributed by atoms with E-state index < -0.39 is 0 Å². The van der Waals surface area contributed by atoms with Gasteiger partial charge in [-0.05, 0) is 43.5 Å². The highest BCUT2D eigenvalue weighted by atomic mass is 32.1. The molecule has 0 radical (unpaired) electrons. The largest absolute Gasteiger partial charge is 0.464 e. The van der Waals surface area contributed by atoms with E-state index in [2.05, 4.69) is 20.2 Å². The second-order valence-electron chi connectivity index (χ2n) is 8.03. The Balaban J connectivity index is 1.27. The number of rotatable bonds is 5. The van der Waals surface area contributed by atoms with Gasteiger partial charge in [-0.2, -0.15) is 4.98 Å². The minimum atomic E-state index is 0.0505. The van der Waals surface area contributed by atoms with Gasteiger partial charge in [0.2, 0.25) is 5.91 Å². The van der Waals surface area contributed by atoms with Crippen LogP contribution >= 0.6 is 11.3 Å². The lowest BCUT2D eigenvalue weighted by molar-refractivity contribution is -0.119. The Bertz CT molecular complexity index is 1240. The van der Waals surface area contributed by atoms with Crippen LogP contribution in [0.5, 0.6) is 10.9 Å². The van der Waals surface area contributed by atoms with Gasteiger partial charge in [0.05, 0.1) is 11.0 Å². The SMILES string of the molecule is CC(=O)NC1CCN(Cc2coc3cc(Oc4nc5nccc(C)c5s4)ccc23)CC1.